The van der Waals surface area contributed by atoms with Gasteiger partial charge in [-0.3, -0.25) is 19.3 Å². The second kappa shape index (κ2) is 7.87. The summed E-state index contributed by atoms with van der Waals surface area (Å²) in [6.45, 7) is 4.00. The van der Waals surface area contributed by atoms with E-state index in [0.29, 0.717) is 29.7 Å². The van der Waals surface area contributed by atoms with Crippen molar-refractivity contribution in [3.05, 3.63) is 42.0 Å². The average molecular weight is 437 g/mol. The molecule has 3 fully saturated rings. The summed E-state index contributed by atoms with van der Waals surface area (Å²) in [4.78, 5) is 52.4. The Morgan fingerprint density at radius 2 is 1.66 bits per heavy atom. The van der Waals surface area contributed by atoms with Crippen LogP contribution in [0.2, 0.25) is 0 Å². The normalized spacial score (nSPS) is 32.4. The maximum atomic E-state index is 13.2. The first-order valence-corrected chi connectivity index (χ1v) is 11.6. The minimum atomic E-state index is -0.894. The maximum absolute atomic E-state index is 13.2. The molecule has 168 valence electrons. The number of hydrogen-bond donors (Lipinski definition) is 1. The predicted molar refractivity (Wildman–Crippen MR) is 116 cm³/mol. The molecule has 2 saturated carbocycles. The molecule has 1 heterocycles. The van der Waals surface area contributed by atoms with Gasteiger partial charge in [0.1, 0.15) is 6.04 Å². The molecule has 1 saturated heterocycles. The Balaban J connectivity index is 1.23. The molecule has 6 rings (SSSR count). The largest absolute Gasteiger partial charge is 0.462 e. The van der Waals surface area contributed by atoms with Crippen LogP contribution in [0.3, 0.4) is 0 Å². The van der Waals surface area contributed by atoms with Crippen molar-refractivity contribution in [3.63, 3.8) is 0 Å². The van der Waals surface area contributed by atoms with Gasteiger partial charge in [0, 0.05) is 5.69 Å². The molecule has 1 N–H and O–H groups in total. The Kier molecular flexibility index (Phi) is 5.14. The highest BCUT2D eigenvalue weighted by atomic mass is 16.5. The van der Waals surface area contributed by atoms with E-state index < -0.39 is 17.9 Å². The van der Waals surface area contributed by atoms with Crippen molar-refractivity contribution >= 4 is 29.4 Å². The van der Waals surface area contributed by atoms with E-state index in [9.17, 15) is 19.2 Å². The van der Waals surface area contributed by atoms with E-state index in [-0.39, 0.29) is 35.5 Å². The molecule has 0 unspecified atom stereocenters. The van der Waals surface area contributed by atoms with Gasteiger partial charge in [0.2, 0.25) is 17.7 Å². The van der Waals surface area contributed by atoms with Crippen molar-refractivity contribution in [1.82, 2.24) is 4.90 Å². The summed E-state index contributed by atoms with van der Waals surface area (Å²) < 4.78 is 5.19. The lowest BCUT2D eigenvalue weighted by Crippen LogP contribution is -2.46. The van der Waals surface area contributed by atoms with Gasteiger partial charge in [0.25, 0.3) is 0 Å². The van der Waals surface area contributed by atoms with Gasteiger partial charge in [-0.2, -0.15) is 0 Å². The van der Waals surface area contributed by atoms with Crippen LogP contribution in [0.15, 0.2) is 36.4 Å². The number of amides is 3. The number of ether oxygens (including phenoxy) is 1. The Morgan fingerprint density at radius 1 is 1.06 bits per heavy atom. The molecule has 32 heavy (non-hydrogen) atoms. The monoisotopic (exact) mass is 436 g/mol. The lowest BCUT2D eigenvalue weighted by atomic mass is 9.63. The van der Waals surface area contributed by atoms with Crippen LogP contribution in [0.4, 0.5) is 5.69 Å². The molecule has 5 aliphatic rings. The first-order chi connectivity index (χ1) is 15.4. The molecule has 1 aromatic rings. The zero-order chi connectivity index (χ0) is 22.6. The fraction of sp³-hybridized carbons (Fsp3) is 0.520. The number of nitrogens with zero attached hydrogens (tertiary/aromatic N) is 1. The van der Waals surface area contributed by atoms with Gasteiger partial charge in [-0.15, -0.1) is 0 Å². The van der Waals surface area contributed by atoms with Crippen molar-refractivity contribution < 1.29 is 23.9 Å². The lowest BCUT2D eigenvalue weighted by Gasteiger charge is -2.37. The minimum absolute atomic E-state index is 0.135. The topological polar surface area (TPSA) is 92.8 Å². The average Bonchev–Trinajstić information content (AvgIpc) is 3.57. The lowest BCUT2D eigenvalue weighted by molar-refractivity contribution is -0.146. The van der Waals surface area contributed by atoms with Crippen molar-refractivity contribution in [2.24, 2.45) is 35.5 Å². The molecule has 3 amide bonds. The second-order valence-electron chi connectivity index (χ2n) is 9.43. The van der Waals surface area contributed by atoms with Gasteiger partial charge < -0.3 is 10.1 Å². The Labute approximate surface area is 187 Å². The Bertz CT molecular complexity index is 964. The summed E-state index contributed by atoms with van der Waals surface area (Å²) >= 11 is 0. The summed E-state index contributed by atoms with van der Waals surface area (Å²) in [6.07, 6.45) is 7.10. The molecule has 1 aromatic carbocycles. The molecular weight excluding hydrogens is 408 g/mol. The molecule has 7 heteroatoms. The number of allylic oxidation sites excluding steroid dienone is 2. The molecule has 0 spiro atoms. The molecule has 7 atom stereocenters. The van der Waals surface area contributed by atoms with Crippen LogP contribution in [0, 0.1) is 35.5 Å². The van der Waals surface area contributed by atoms with Crippen molar-refractivity contribution in [2.45, 2.75) is 39.2 Å². The van der Waals surface area contributed by atoms with Gasteiger partial charge >= 0.3 is 5.97 Å². The highest BCUT2D eigenvalue weighted by Crippen LogP contribution is 2.65. The molecule has 2 bridgehead atoms. The number of carbonyl (C=O) groups excluding carboxylic acids is 4. The fourth-order valence-electron chi connectivity index (χ4n) is 5.81. The predicted octanol–water partition coefficient (Wildman–Crippen LogP) is 3.02. The number of likely N-dealkylation sites (tertiary alicyclic amines) is 1. The van der Waals surface area contributed by atoms with Crippen LogP contribution in [0.25, 0.3) is 0 Å². The van der Waals surface area contributed by atoms with Crippen molar-refractivity contribution in [1.29, 1.82) is 0 Å². The van der Waals surface area contributed by atoms with E-state index >= 15 is 0 Å². The van der Waals surface area contributed by atoms with Crippen LogP contribution in [-0.4, -0.2) is 41.2 Å². The summed E-state index contributed by atoms with van der Waals surface area (Å²) in [5.41, 5.74) is 0.897. The smallest absolute Gasteiger partial charge is 0.338 e. The SMILES string of the molecule is CCCCOC(=O)c1ccc(NC(=O)[C@H](C)N2C(=O)[C@@H]3[C@H]4C=C[C@@H]([C@@H]5C[C@@H]45)[C@H]3C2=O)cc1. The molecule has 0 radical (unpaired) electrons. The standard InChI is InChI=1S/C25H28N2O5/c1-3-4-11-32-25(31)14-5-7-15(8-6-14)26-22(28)13(2)27-23(29)20-16-9-10-17(19-12-18(16)19)21(20)24(27)30/h5-10,13,16-21H,3-4,11-12H2,1-2H3,(H,26,28)/t13-,16-,17-,18-,19-,20+,21+/m0/s1. The summed E-state index contributed by atoms with van der Waals surface area (Å²) in [5.74, 6) is -0.541. The number of unbranched alkanes of at least 4 members (excludes halogenated alkanes) is 1. The molecule has 0 aromatic heterocycles. The maximum Gasteiger partial charge on any atom is 0.338 e. The van der Waals surface area contributed by atoms with E-state index in [1.165, 1.54) is 4.90 Å². The van der Waals surface area contributed by atoms with Gasteiger partial charge in [-0.25, -0.2) is 4.79 Å². The number of benzene rings is 1. The summed E-state index contributed by atoms with van der Waals surface area (Å²) in [7, 11) is 0. The van der Waals surface area contributed by atoms with Crippen LogP contribution in [0.1, 0.15) is 43.5 Å². The van der Waals surface area contributed by atoms with Crippen LogP contribution < -0.4 is 5.32 Å². The third-order valence-corrected chi connectivity index (χ3v) is 7.58. The molecule has 1 aliphatic heterocycles. The van der Waals surface area contributed by atoms with Gasteiger partial charge in [-0.1, -0.05) is 25.5 Å². The fourth-order valence-corrected chi connectivity index (χ4v) is 5.81. The van der Waals surface area contributed by atoms with Crippen molar-refractivity contribution in [2.75, 3.05) is 11.9 Å². The first-order valence-electron chi connectivity index (χ1n) is 11.6. The Hall–Kier alpha value is -2.96. The third-order valence-electron chi connectivity index (χ3n) is 7.58. The highest BCUT2D eigenvalue weighted by Gasteiger charge is 2.67. The van der Waals surface area contributed by atoms with E-state index in [1.54, 1.807) is 31.2 Å². The van der Waals surface area contributed by atoms with Gasteiger partial charge in [0.15, 0.2) is 0 Å². The third kappa shape index (κ3) is 3.26. The van der Waals surface area contributed by atoms with Crippen LogP contribution in [0.5, 0.6) is 0 Å². The number of rotatable bonds is 7. The highest BCUT2D eigenvalue weighted by molar-refractivity contribution is 6.10. The summed E-state index contributed by atoms with van der Waals surface area (Å²) in [5, 5.41) is 2.76. The number of imide groups is 1. The van der Waals surface area contributed by atoms with E-state index in [1.807, 2.05) is 6.92 Å². The zero-order valence-corrected chi connectivity index (χ0v) is 18.3. The number of hydrogen-bond acceptors (Lipinski definition) is 5. The molecular formula is C25H28N2O5. The van der Waals surface area contributed by atoms with Gasteiger partial charge in [0.05, 0.1) is 24.0 Å². The van der Waals surface area contributed by atoms with E-state index in [0.717, 1.165) is 19.3 Å². The second-order valence-corrected chi connectivity index (χ2v) is 9.43. The molecule has 4 aliphatic carbocycles. The summed E-state index contributed by atoms with van der Waals surface area (Å²) in [6, 6.07) is 5.52. The van der Waals surface area contributed by atoms with E-state index in [2.05, 4.69) is 17.5 Å². The van der Waals surface area contributed by atoms with Crippen LogP contribution in [-0.2, 0) is 19.1 Å². The van der Waals surface area contributed by atoms with Gasteiger partial charge in [-0.05, 0) is 67.7 Å². The quantitative estimate of drug-likeness (QED) is 0.307. The Morgan fingerprint density at radius 3 is 2.22 bits per heavy atom. The van der Waals surface area contributed by atoms with Crippen molar-refractivity contribution in [3.8, 4) is 0 Å². The first kappa shape index (κ1) is 20.9. The molecule has 7 nitrogen and oxygen atoms in total. The number of anilines is 1. The zero-order valence-electron chi connectivity index (χ0n) is 18.3. The van der Waals surface area contributed by atoms with Crippen LogP contribution >= 0.6 is 0 Å². The number of carbonyl (C=O) groups is 4. The minimum Gasteiger partial charge on any atom is -0.462 e. The van der Waals surface area contributed by atoms with E-state index in [4.69, 9.17) is 4.74 Å². The number of esters is 1. The number of nitrogens with one attached hydrogen (secondary N) is 1.